The Kier molecular flexibility index (Phi) is 6.54. The van der Waals surface area contributed by atoms with Crippen LogP contribution in [0.15, 0.2) is 30.3 Å². The van der Waals surface area contributed by atoms with Crippen LogP contribution in [-0.4, -0.2) is 24.4 Å². The van der Waals surface area contributed by atoms with Gasteiger partial charge < -0.3 is 15.8 Å². The molecule has 0 aliphatic rings. The van der Waals surface area contributed by atoms with Crippen molar-refractivity contribution in [1.29, 1.82) is 0 Å². The first-order valence-corrected chi connectivity index (χ1v) is 8.88. The Morgan fingerprint density at radius 3 is 2.62 bits per heavy atom. The standard InChI is InChI=1S/C18H17ClN2O4S/c1-3-25-18(24)14-10(2)15(16(20)23)26-17(14)21-13(22)9-8-11-6-4-5-7-12(11)19/h4-9H,3H2,1-2H3,(H2,20,23)(H,21,22). The van der Waals surface area contributed by atoms with Crippen LogP contribution >= 0.6 is 22.9 Å². The van der Waals surface area contributed by atoms with Crippen molar-refractivity contribution < 1.29 is 19.1 Å². The van der Waals surface area contributed by atoms with Gasteiger partial charge in [0.1, 0.15) is 5.00 Å². The van der Waals surface area contributed by atoms with Crippen molar-refractivity contribution in [2.45, 2.75) is 13.8 Å². The Bertz CT molecular complexity index is 889. The van der Waals surface area contributed by atoms with Crippen molar-refractivity contribution in [1.82, 2.24) is 0 Å². The van der Waals surface area contributed by atoms with Crippen LogP contribution in [-0.2, 0) is 9.53 Å². The number of nitrogens with two attached hydrogens (primary N) is 1. The monoisotopic (exact) mass is 392 g/mol. The molecule has 26 heavy (non-hydrogen) atoms. The van der Waals surface area contributed by atoms with E-state index in [1.165, 1.54) is 6.08 Å². The Hall–Kier alpha value is -2.64. The molecule has 0 radical (unpaired) electrons. The molecule has 0 aliphatic heterocycles. The van der Waals surface area contributed by atoms with Gasteiger partial charge in [0.05, 0.1) is 17.0 Å². The predicted octanol–water partition coefficient (Wildman–Crippen LogP) is 3.64. The van der Waals surface area contributed by atoms with E-state index in [9.17, 15) is 14.4 Å². The maximum atomic E-state index is 12.2. The average Bonchev–Trinajstić information content (AvgIpc) is 2.90. The molecular weight excluding hydrogens is 376 g/mol. The summed E-state index contributed by atoms with van der Waals surface area (Å²) in [5, 5.41) is 3.31. The van der Waals surface area contributed by atoms with E-state index in [0.29, 0.717) is 16.1 Å². The Morgan fingerprint density at radius 1 is 1.31 bits per heavy atom. The molecule has 0 fully saturated rings. The van der Waals surface area contributed by atoms with Crippen LogP contribution < -0.4 is 11.1 Å². The van der Waals surface area contributed by atoms with E-state index >= 15 is 0 Å². The van der Waals surface area contributed by atoms with E-state index in [1.54, 1.807) is 44.2 Å². The normalized spacial score (nSPS) is 10.7. The zero-order valence-electron chi connectivity index (χ0n) is 14.2. The summed E-state index contributed by atoms with van der Waals surface area (Å²) in [4.78, 5) is 36.1. The summed E-state index contributed by atoms with van der Waals surface area (Å²) >= 11 is 6.97. The number of halogens is 1. The van der Waals surface area contributed by atoms with E-state index < -0.39 is 17.8 Å². The maximum Gasteiger partial charge on any atom is 0.341 e. The number of primary amides is 1. The number of ether oxygens (including phenoxy) is 1. The van der Waals surface area contributed by atoms with E-state index in [1.807, 2.05) is 0 Å². The first kappa shape index (κ1) is 19.7. The van der Waals surface area contributed by atoms with Crippen LogP contribution in [0.2, 0.25) is 5.02 Å². The molecule has 8 heteroatoms. The Labute approximate surface area is 159 Å². The minimum absolute atomic E-state index is 0.130. The second kappa shape index (κ2) is 8.64. The highest BCUT2D eigenvalue weighted by Crippen LogP contribution is 2.33. The molecule has 0 spiro atoms. The number of carbonyl (C=O) groups is 3. The van der Waals surface area contributed by atoms with Gasteiger partial charge in [-0.2, -0.15) is 0 Å². The van der Waals surface area contributed by atoms with E-state index in [2.05, 4.69) is 5.32 Å². The zero-order chi connectivity index (χ0) is 19.3. The summed E-state index contributed by atoms with van der Waals surface area (Å²) in [5.41, 5.74) is 6.52. The number of rotatable bonds is 6. The molecule has 6 nitrogen and oxygen atoms in total. The molecule has 1 aromatic heterocycles. The molecule has 0 saturated heterocycles. The first-order chi connectivity index (χ1) is 12.3. The van der Waals surface area contributed by atoms with Crippen molar-refractivity contribution in [3.05, 3.63) is 56.9 Å². The van der Waals surface area contributed by atoms with Crippen LogP contribution in [0.1, 0.15) is 38.1 Å². The van der Waals surface area contributed by atoms with Gasteiger partial charge in [0.15, 0.2) is 0 Å². The molecular formula is C18H17ClN2O4S. The summed E-state index contributed by atoms with van der Waals surface area (Å²) in [6, 6.07) is 7.05. The van der Waals surface area contributed by atoms with E-state index in [-0.39, 0.29) is 22.0 Å². The fourth-order valence-corrected chi connectivity index (χ4v) is 3.46. The van der Waals surface area contributed by atoms with E-state index in [0.717, 1.165) is 11.3 Å². The number of nitrogens with one attached hydrogen (secondary N) is 1. The van der Waals surface area contributed by atoms with Crippen LogP contribution in [0, 0.1) is 6.92 Å². The molecule has 0 saturated carbocycles. The third kappa shape index (κ3) is 4.50. The van der Waals surface area contributed by atoms with Crippen LogP contribution in [0.5, 0.6) is 0 Å². The largest absolute Gasteiger partial charge is 0.462 e. The fraction of sp³-hybridized carbons (Fsp3) is 0.167. The molecule has 136 valence electrons. The van der Waals surface area contributed by atoms with Crippen LogP contribution in [0.25, 0.3) is 6.08 Å². The third-order valence-corrected chi connectivity index (χ3v) is 4.97. The molecule has 0 atom stereocenters. The number of anilines is 1. The van der Waals surface area contributed by atoms with Crippen molar-refractivity contribution in [2.24, 2.45) is 5.73 Å². The number of carbonyl (C=O) groups excluding carboxylic acids is 3. The van der Waals surface area contributed by atoms with Gasteiger partial charge in [-0.1, -0.05) is 29.8 Å². The Morgan fingerprint density at radius 2 is 2.00 bits per heavy atom. The maximum absolute atomic E-state index is 12.2. The highest BCUT2D eigenvalue weighted by atomic mass is 35.5. The number of esters is 1. The number of hydrogen-bond donors (Lipinski definition) is 2. The summed E-state index contributed by atoms with van der Waals surface area (Å²) in [5.74, 6) is -1.78. The predicted molar refractivity (Wildman–Crippen MR) is 103 cm³/mol. The quantitative estimate of drug-likeness (QED) is 0.579. The average molecular weight is 393 g/mol. The minimum Gasteiger partial charge on any atom is -0.462 e. The first-order valence-electron chi connectivity index (χ1n) is 7.69. The van der Waals surface area contributed by atoms with Gasteiger partial charge >= 0.3 is 5.97 Å². The lowest BCUT2D eigenvalue weighted by molar-refractivity contribution is -0.111. The van der Waals surface area contributed by atoms with Gasteiger partial charge in [0.2, 0.25) is 5.91 Å². The lowest BCUT2D eigenvalue weighted by Gasteiger charge is -2.05. The molecule has 0 unspecified atom stereocenters. The van der Waals surface area contributed by atoms with Crippen LogP contribution in [0.3, 0.4) is 0 Å². The summed E-state index contributed by atoms with van der Waals surface area (Å²) < 4.78 is 5.00. The van der Waals surface area contributed by atoms with Crippen molar-refractivity contribution in [2.75, 3.05) is 11.9 Å². The number of hydrogen-bond acceptors (Lipinski definition) is 5. The molecule has 2 rings (SSSR count). The van der Waals surface area contributed by atoms with Crippen molar-refractivity contribution in [3.8, 4) is 0 Å². The van der Waals surface area contributed by atoms with Gasteiger partial charge in [-0.25, -0.2) is 4.79 Å². The summed E-state index contributed by atoms with van der Waals surface area (Å²) in [6.45, 7) is 3.41. The number of thiophene rings is 1. The summed E-state index contributed by atoms with van der Waals surface area (Å²) in [6.07, 6.45) is 2.84. The molecule has 2 aromatic rings. The summed E-state index contributed by atoms with van der Waals surface area (Å²) in [7, 11) is 0. The van der Waals surface area contributed by atoms with Gasteiger partial charge in [-0.15, -0.1) is 11.3 Å². The lowest BCUT2D eigenvalue weighted by atomic mass is 10.1. The molecule has 3 N–H and O–H groups in total. The lowest BCUT2D eigenvalue weighted by Crippen LogP contribution is -2.13. The smallest absolute Gasteiger partial charge is 0.341 e. The van der Waals surface area contributed by atoms with Crippen molar-refractivity contribution in [3.63, 3.8) is 0 Å². The highest BCUT2D eigenvalue weighted by molar-refractivity contribution is 7.18. The van der Waals surface area contributed by atoms with Crippen molar-refractivity contribution >= 4 is 51.8 Å². The molecule has 0 bridgehead atoms. The fourth-order valence-electron chi connectivity index (χ4n) is 2.21. The van der Waals surface area contributed by atoms with Gasteiger partial charge in [-0.05, 0) is 37.1 Å². The highest BCUT2D eigenvalue weighted by Gasteiger charge is 2.25. The Balaban J connectivity index is 2.29. The van der Waals surface area contributed by atoms with Gasteiger partial charge in [-0.3, -0.25) is 9.59 Å². The zero-order valence-corrected chi connectivity index (χ0v) is 15.7. The number of amides is 2. The molecule has 2 amide bonds. The second-order valence-corrected chi connectivity index (χ2v) is 6.62. The minimum atomic E-state index is -0.676. The molecule has 1 aromatic carbocycles. The van der Waals surface area contributed by atoms with E-state index in [4.69, 9.17) is 22.1 Å². The second-order valence-electron chi connectivity index (χ2n) is 5.19. The van der Waals surface area contributed by atoms with Gasteiger partial charge in [0.25, 0.3) is 5.91 Å². The third-order valence-electron chi connectivity index (χ3n) is 3.41. The molecule has 0 aliphatic carbocycles. The van der Waals surface area contributed by atoms with Gasteiger partial charge in [0, 0.05) is 11.1 Å². The topological polar surface area (TPSA) is 98.5 Å². The SMILES string of the molecule is CCOC(=O)c1c(NC(=O)C=Cc2ccccc2Cl)sc(C(N)=O)c1C. The number of benzene rings is 1. The van der Waals surface area contributed by atoms with Crippen LogP contribution in [0.4, 0.5) is 5.00 Å². The molecule has 1 heterocycles.